The van der Waals surface area contributed by atoms with E-state index in [1.807, 2.05) is 0 Å². The highest BCUT2D eigenvalue weighted by Crippen LogP contribution is 2.39. The van der Waals surface area contributed by atoms with Crippen molar-refractivity contribution in [1.29, 1.82) is 0 Å². The van der Waals surface area contributed by atoms with E-state index < -0.39 is 21.5 Å². The van der Waals surface area contributed by atoms with E-state index in [-0.39, 0.29) is 10.5 Å². The molecule has 1 aromatic carbocycles. The molecule has 0 bridgehead atoms. The topological polar surface area (TPSA) is 54.5 Å². The summed E-state index contributed by atoms with van der Waals surface area (Å²) in [5.41, 5.74) is -0.688. The van der Waals surface area contributed by atoms with Crippen LogP contribution in [0.1, 0.15) is 31.1 Å². The van der Waals surface area contributed by atoms with Gasteiger partial charge in [0, 0.05) is 4.47 Å². The first kappa shape index (κ1) is 13.8. The molecule has 4 nitrogen and oxygen atoms in total. The number of amides is 1. The Kier molecular flexibility index (Phi) is 3.04. The van der Waals surface area contributed by atoms with Crippen LogP contribution in [0.15, 0.2) is 21.5 Å². The van der Waals surface area contributed by atoms with Crippen LogP contribution < -0.4 is 0 Å². The molecular weight excluding hydrogens is 342 g/mol. The van der Waals surface area contributed by atoms with E-state index in [4.69, 9.17) is 11.6 Å². The van der Waals surface area contributed by atoms with Crippen molar-refractivity contribution in [3.05, 3.63) is 27.2 Å². The van der Waals surface area contributed by atoms with Crippen LogP contribution in [0.5, 0.6) is 0 Å². The molecule has 98 valence electrons. The molecule has 7 heteroatoms. The van der Waals surface area contributed by atoms with Gasteiger partial charge in [0.15, 0.2) is 0 Å². The van der Waals surface area contributed by atoms with Crippen LogP contribution in [0.2, 0.25) is 5.02 Å². The molecule has 0 saturated carbocycles. The largest absolute Gasteiger partial charge is 0.269 e. The smallest absolute Gasteiger partial charge is 0.268 e. The van der Waals surface area contributed by atoms with Crippen molar-refractivity contribution >= 4 is 43.5 Å². The number of benzene rings is 1. The summed E-state index contributed by atoms with van der Waals surface area (Å²) in [5.74, 6) is -0.535. The van der Waals surface area contributed by atoms with Crippen molar-refractivity contribution in [3.8, 4) is 0 Å². The number of carbonyl (C=O) groups excluding carboxylic acids is 1. The molecule has 0 unspecified atom stereocenters. The average Bonchev–Trinajstić information content (AvgIpc) is 2.36. The SMILES string of the molecule is CC(C)(C)N1C(=O)c2cc(Cl)c(Br)cc2S1(=O)=O. The lowest BCUT2D eigenvalue weighted by molar-refractivity contribution is 0.0788. The Bertz CT molecular complexity index is 649. The number of rotatable bonds is 0. The lowest BCUT2D eigenvalue weighted by atomic mass is 10.1. The molecule has 0 aliphatic carbocycles. The van der Waals surface area contributed by atoms with Gasteiger partial charge in [-0.2, -0.15) is 0 Å². The summed E-state index contributed by atoms with van der Waals surface area (Å²) in [5, 5.41) is 0.313. The van der Waals surface area contributed by atoms with Crippen LogP contribution in [0.25, 0.3) is 0 Å². The van der Waals surface area contributed by atoms with Crippen molar-refractivity contribution in [3.63, 3.8) is 0 Å². The van der Waals surface area contributed by atoms with Gasteiger partial charge < -0.3 is 0 Å². The lowest BCUT2D eigenvalue weighted by Gasteiger charge is -2.29. The van der Waals surface area contributed by atoms with Crippen molar-refractivity contribution in [1.82, 2.24) is 4.31 Å². The summed E-state index contributed by atoms with van der Waals surface area (Å²) in [6.07, 6.45) is 0. The normalized spacial score (nSPS) is 18.1. The first-order valence-electron chi connectivity index (χ1n) is 5.15. The van der Waals surface area contributed by atoms with Crippen LogP contribution in [0.4, 0.5) is 0 Å². The van der Waals surface area contributed by atoms with Gasteiger partial charge in [-0.3, -0.25) is 4.79 Å². The van der Waals surface area contributed by atoms with E-state index in [0.717, 1.165) is 4.31 Å². The second-order valence-electron chi connectivity index (χ2n) is 5.01. The molecule has 0 radical (unpaired) electrons. The Hall–Kier alpha value is -0.590. The van der Waals surface area contributed by atoms with Crippen molar-refractivity contribution < 1.29 is 13.2 Å². The minimum atomic E-state index is -3.80. The third-order valence-electron chi connectivity index (χ3n) is 2.56. The predicted octanol–water partition coefficient (Wildman–Crippen LogP) is 3.05. The first-order valence-corrected chi connectivity index (χ1v) is 7.77. The molecule has 0 N–H and O–H groups in total. The van der Waals surface area contributed by atoms with Gasteiger partial charge in [0.2, 0.25) is 0 Å². The monoisotopic (exact) mass is 351 g/mol. The Labute approximate surface area is 119 Å². The Morgan fingerprint density at radius 1 is 1.28 bits per heavy atom. The molecule has 1 aromatic rings. The number of sulfonamides is 1. The molecule has 2 rings (SSSR count). The predicted molar refractivity (Wildman–Crippen MR) is 72.3 cm³/mol. The third-order valence-corrected chi connectivity index (χ3v) is 5.85. The highest BCUT2D eigenvalue weighted by Gasteiger charge is 2.47. The van der Waals surface area contributed by atoms with Gasteiger partial charge in [-0.1, -0.05) is 11.6 Å². The van der Waals surface area contributed by atoms with Gasteiger partial charge in [0.25, 0.3) is 15.9 Å². The summed E-state index contributed by atoms with van der Waals surface area (Å²) in [7, 11) is -3.80. The second-order valence-corrected chi connectivity index (χ2v) is 8.02. The summed E-state index contributed by atoms with van der Waals surface area (Å²) < 4.78 is 26.0. The van der Waals surface area contributed by atoms with Crippen molar-refractivity contribution in [2.75, 3.05) is 0 Å². The zero-order chi connectivity index (χ0) is 13.9. The number of hydrogen-bond acceptors (Lipinski definition) is 3. The van der Waals surface area contributed by atoms with Crippen LogP contribution in [-0.2, 0) is 10.0 Å². The van der Waals surface area contributed by atoms with Crippen molar-refractivity contribution in [2.45, 2.75) is 31.2 Å². The highest BCUT2D eigenvalue weighted by molar-refractivity contribution is 9.10. The fourth-order valence-electron chi connectivity index (χ4n) is 1.89. The van der Waals surface area contributed by atoms with Crippen LogP contribution in [0.3, 0.4) is 0 Å². The van der Waals surface area contributed by atoms with E-state index in [1.54, 1.807) is 20.8 Å². The van der Waals surface area contributed by atoms with Gasteiger partial charge in [-0.15, -0.1) is 0 Å². The molecule has 0 spiro atoms. The number of fused-ring (bicyclic) bond motifs is 1. The maximum atomic E-state index is 12.3. The molecule has 1 aliphatic rings. The fourth-order valence-corrected chi connectivity index (χ4v) is 4.48. The maximum absolute atomic E-state index is 12.3. The molecule has 0 aromatic heterocycles. The molecule has 1 heterocycles. The molecule has 0 atom stereocenters. The van der Waals surface area contributed by atoms with Gasteiger partial charge in [-0.25, -0.2) is 12.7 Å². The van der Waals surface area contributed by atoms with Gasteiger partial charge in [0.05, 0.1) is 16.1 Å². The van der Waals surface area contributed by atoms with Crippen LogP contribution in [0, 0.1) is 0 Å². The summed E-state index contributed by atoms with van der Waals surface area (Å²) in [4.78, 5) is 12.2. The number of hydrogen-bond donors (Lipinski definition) is 0. The molecule has 0 saturated heterocycles. The first-order chi connectivity index (χ1) is 8.06. The molecular formula is C11H11BrClNO3S. The Balaban J connectivity index is 2.77. The summed E-state index contributed by atoms with van der Waals surface area (Å²) in [6.45, 7) is 5.01. The van der Waals surface area contributed by atoms with E-state index >= 15 is 0 Å². The van der Waals surface area contributed by atoms with E-state index in [9.17, 15) is 13.2 Å². The third kappa shape index (κ3) is 1.87. The van der Waals surface area contributed by atoms with E-state index in [0.29, 0.717) is 9.50 Å². The molecule has 18 heavy (non-hydrogen) atoms. The quantitative estimate of drug-likeness (QED) is 0.721. The van der Waals surface area contributed by atoms with Crippen molar-refractivity contribution in [2.24, 2.45) is 0 Å². The molecule has 0 fully saturated rings. The summed E-state index contributed by atoms with van der Waals surface area (Å²) >= 11 is 9.06. The Morgan fingerprint density at radius 3 is 2.33 bits per heavy atom. The van der Waals surface area contributed by atoms with Crippen LogP contribution in [-0.4, -0.2) is 24.2 Å². The zero-order valence-corrected chi connectivity index (χ0v) is 13.1. The number of halogens is 2. The highest BCUT2D eigenvalue weighted by atomic mass is 79.9. The lowest BCUT2D eigenvalue weighted by Crippen LogP contribution is -2.45. The standard InChI is InChI=1S/C11H11BrClNO3S/c1-11(2,3)14-10(15)6-4-8(13)7(12)5-9(6)18(14,16)17/h4-5H,1-3H3. The fraction of sp³-hybridized carbons (Fsp3) is 0.364. The minimum Gasteiger partial charge on any atom is -0.268 e. The Morgan fingerprint density at radius 2 is 1.83 bits per heavy atom. The molecule has 1 amide bonds. The zero-order valence-electron chi connectivity index (χ0n) is 9.99. The van der Waals surface area contributed by atoms with E-state index in [2.05, 4.69) is 15.9 Å². The minimum absolute atomic E-state index is 0.00120. The van der Waals surface area contributed by atoms with Gasteiger partial charge >= 0.3 is 0 Å². The number of carbonyl (C=O) groups is 1. The molecule has 1 aliphatic heterocycles. The summed E-state index contributed by atoms with van der Waals surface area (Å²) in [6, 6.07) is 2.75. The number of nitrogens with zero attached hydrogens (tertiary/aromatic N) is 1. The maximum Gasteiger partial charge on any atom is 0.269 e. The van der Waals surface area contributed by atoms with Gasteiger partial charge in [-0.05, 0) is 48.8 Å². The average molecular weight is 353 g/mol. The van der Waals surface area contributed by atoms with Crippen LogP contribution >= 0.6 is 27.5 Å². The van der Waals surface area contributed by atoms with E-state index in [1.165, 1.54) is 12.1 Å². The second kappa shape index (κ2) is 3.95. The van der Waals surface area contributed by atoms with Gasteiger partial charge in [0.1, 0.15) is 4.90 Å².